The first-order valence-corrected chi connectivity index (χ1v) is 17.7. The molecule has 8 heteroatoms. The lowest BCUT2D eigenvalue weighted by Gasteiger charge is -2.21. The lowest BCUT2D eigenvalue weighted by molar-refractivity contribution is 0.592. The fourth-order valence-electron chi connectivity index (χ4n) is 7.16. The van der Waals surface area contributed by atoms with Crippen LogP contribution >= 0.6 is 7.14 Å². The van der Waals surface area contributed by atoms with Gasteiger partial charge in [-0.2, -0.15) is 10.5 Å². The average Bonchev–Trinajstić information content (AvgIpc) is 3.69. The highest BCUT2D eigenvalue weighted by molar-refractivity contribution is 7.85. The van der Waals surface area contributed by atoms with Crippen molar-refractivity contribution in [2.75, 3.05) is 0 Å². The molecule has 9 aromatic rings. The Labute approximate surface area is 286 Å². The first kappa shape index (κ1) is 29.4. The Morgan fingerprint density at radius 1 is 0.480 bits per heavy atom. The Balaban J connectivity index is 1.33. The standard InChI is InChI=1S/C42H25N6OP/c43-24-28-10-14-35-37-22-33(12-16-39(37)47(41(35)20-28)30-6-4-18-45-26-30)50(49,32-8-2-1-3-9-32)34-13-17-40-38(23-34)36-15-11-29(25-44)21-42(36)48(40)31-7-5-19-46-27-31/h1-23,26-27H. The Morgan fingerprint density at radius 3 is 1.42 bits per heavy atom. The Kier molecular flexibility index (Phi) is 6.71. The Hall–Kier alpha value is -6.79. The molecule has 4 aromatic heterocycles. The SMILES string of the molecule is N#Cc1ccc2c3cc(P(=O)(c4ccccc4)c4ccc5c(c4)c4ccc(C#N)cc4n5-c4cccnc4)ccc3n(-c3cccnc3)c2c1. The molecule has 0 radical (unpaired) electrons. The summed E-state index contributed by atoms with van der Waals surface area (Å²) in [5, 5.41) is 25.4. The Bertz CT molecular complexity index is 2740. The van der Waals surface area contributed by atoms with Gasteiger partial charge in [0, 0.05) is 49.9 Å². The average molecular weight is 661 g/mol. The summed E-state index contributed by atoms with van der Waals surface area (Å²) in [6.45, 7) is 0. The van der Waals surface area contributed by atoms with E-state index >= 15 is 4.57 Å². The maximum absolute atomic E-state index is 16.0. The van der Waals surface area contributed by atoms with Crippen LogP contribution in [0.1, 0.15) is 11.1 Å². The number of hydrogen-bond donors (Lipinski definition) is 0. The van der Waals surface area contributed by atoms with E-state index in [4.69, 9.17) is 0 Å². The summed E-state index contributed by atoms with van der Waals surface area (Å²) in [7, 11) is -3.45. The highest BCUT2D eigenvalue weighted by Gasteiger charge is 2.31. The van der Waals surface area contributed by atoms with Crippen molar-refractivity contribution < 1.29 is 4.57 Å². The van der Waals surface area contributed by atoms with Crippen molar-refractivity contribution in [1.82, 2.24) is 19.1 Å². The molecule has 0 saturated heterocycles. The van der Waals surface area contributed by atoms with E-state index in [2.05, 4.69) is 31.2 Å². The summed E-state index contributed by atoms with van der Waals surface area (Å²) >= 11 is 0. The van der Waals surface area contributed by atoms with Crippen molar-refractivity contribution in [3.8, 4) is 23.5 Å². The lowest BCUT2D eigenvalue weighted by atomic mass is 10.1. The van der Waals surface area contributed by atoms with Gasteiger partial charge in [0.25, 0.3) is 0 Å². The first-order chi connectivity index (χ1) is 24.6. The molecule has 0 saturated carbocycles. The summed E-state index contributed by atoms with van der Waals surface area (Å²) in [6.07, 6.45) is 7.08. The molecule has 234 valence electrons. The molecule has 7 nitrogen and oxygen atoms in total. The van der Waals surface area contributed by atoms with Crippen LogP contribution in [-0.2, 0) is 4.57 Å². The molecular weight excluding hydrogens is 635 g/mol. The normalized spacial score (nSPS) is 11.6. The van der Waals surface area contributed by atoms with Gasteiger partial charge in [0.2, 0.25) is 0 Å². The highest BCUT2D eigenvalue weighted by atomic mass is 31.2. The third kappa shape index (κ3) is 4.39. The van der Waals surface area contributed by atoms with E-state index in [-0.39, 0.29) is 0 Å². The van der Waals surface area contributed by atoms with Crippen molar-refractivity contribution in [3.05, 3.63) is 163 Å². The van der Waals surface area contributed by atoms with Crippen LogP contribution in [0.25, 0.3) is 55.0 Å². The van der Waals surface area contributed by atoms with Gasteiger partial charge in [-0.25, -0.2) is 0 Å². The van der Waals surface area contributed by atoms with Crippen LogP contribution < -0.4 is 15.9 Å². The monoisotopic (exact) mass is 660 g/mol. The van der Waals surface area contributed by atoms with E-state index < -0.39 is 7.14 Å². The topological polar surface area (TPSA) is 100 Å². The zero-order valence-electron chi connectivity index (χ0n) is 26.5. The Morgan fingerprint density at radius 2 is 0.980 bits per heavy atom. The zero-order valence-corrected chi connectivity index (χ0v) is 27.4. The summed E-state index contributed by atoms with van der Waals surface area (Å²) < 4.78 is 20.2. The van der Waals surface area contributed by atoms with Gasteiger partial charge >= 0.3 is 0 Å². The van der Waals surface area contributed by atoms with Crippen molar-refractivity contribution in [1.29, 1.82) is 10.5 Å². The quantitative estimate of drug-likeness (QED) is 0.174. The zero-order chi connectivity index (χ0) is 33.8. The molecule has 0 N–H and O–H groups in total. The molecule has 0 bridgehead atoms. The highest BCUT2D eigenvalue weighted by Crippen LogP contribution is 2.45. The van der Waals surface area contributed by atoms with Crippen LogP contribution in [0.15, 0.2) is 152 Å². The predicted octanol–water partition coefficient (Wildman–Crippen LogP) is 8.05. The van der Waals surface area contributed by atoms with Gasteiger partial charge in [0.05, 0.1) is 69.1 Å². The summed E-state index contributed by atoms with van der Waals surface area (Å²) in [4.78, 5) is 8.72. The van der Waals surface area contributed by atoms with Crippen LogP contribution in [0.2, 0.25) is 0 Å². The van der Waals surface area contributed by atoms with Gasteiger partial charge in [0.1, 0.15) is 0 Å². The maximum Gasteiger partial charge on any atom is 0.171 e. The minimum Gasteiger partial charge on any atom is -0.309 e. The second kappa shape index (κ2) is 11.4. The van der Waals surface area contributed by atoms with Crippen molar-refractivity contribution >= 4 is 66.7 Å². The van der Waals surface area contributed by atoms with Gasteiger partial charge in [-0.1, -0.05) is 42.5 Å². The lowest BCUT2D eigenvalue weighted by Crippen LogP contribution is -2.25. The van der Waals surface area contributed by atoms with Crippen LogP contribution in [0.4, 0.5) is 0 Å². The van der Waals surface area contributed by atoms with Gasteiger partial charge in [-0.05, 0) is 84.9 Å². The van der Waals surface area contributed by atoms with Crippen molar-refractivity contribution in [3.63, 3.8) is 0 Å². The molecule has 4 heterocycles. The van der Waals surface area contributed by atoms with E-state index in [1.807, 2.05) is 127 Å². The van der Waals surface area contributed by atoms with Crippen molar-refractivity contribution in [2.24, 2.45) is 0 Å². The van der Waals surface area contributed by atoms with E-state index in [0.717, 1.165) is 60.3 Å². The number of aromatic nitrogens is 4. The summed E-state index contributed by atoms with van der Waals surface area (Å²) in [5.41, 5.74) is 6.46. The number of nitrogens with zero attached hydrogens (tertiary/aromatic N) is 6. The maximum atomic E-state index is 16.0. The molecule has 0 aliphatic heterocycles. The smallest absolute Gasteiger partial charge is 0.171 e. The van der Waals surface area contributed by atoms with E-state index in [0.29, 0.717) is 21.7 Å². The van der Waals surface area contributed by atoms with Gasteiger partial charge in [0.15, 0.2) is 7.14 Å². The molecule has 5 aromatic carbocycles. The van der Waals surface area contributed by atoms with Gasteiger partial charge in [-0.3, -0.25) is 9.97 Å². The van der Waals surface area contributed by atoms with Crippen molar-refractivity contribution in [2.45, 2.75) is 0 Å². The number of benzene rings is 5. The number of pyridine rings is 2. The second-order valence-corrected chi connectivity index (χ2v) is 14.9. The molecule has 50 heavy (non-hydrogen) atoms. The molecular formula is C42H25N6OP. The van der Waals surface area contributed by atoms with Crippen LogP contribution in [-0.4, -0.2) is 19.1 Å². The molecule has 9 rings (SSSR count). The van der Waals surface area contributed by atoms with Crippen LogP contribution in [0.3, 0.4) is 0 Å². The van der Waals surface area contributed by atoms with E-state index in [1.165, 1.54) is 0 Å². The molecule has 0 aliphatic carbocycles. The van der Waals surface area contributed by atoms with E-state index in [1.54, 1.807) is 24.8 Å². The first-order valence-electron chi connectivity index (χ1n) is 16.0. The minimum absolute atomic E-state index is 0.557. The third-order valence-corrected chi connectivity index (χ3v) is 12.4. The third-order valence-electron chi connectivity index (χ3n) is 9.41. The van der Waals surface area contributed by atoms with Crippen LogP contribution in [0, 0.1) is 22.7 Å². The van der Waals surface area contributed by atoms with Crippen LogP contribution in [0.5, 0.6) is 0 Å². The summed E-state index contributed by atoms with van der Waals surface area (Å²) in [5.74, 6) is 0. The van der Waals surface area contributed by atoms with Gasteiger partial charge < -0.3 is 13.7 Å². The fourth-order valence-corrected chi connectivity index (χ4v) is 9.84. The molecule has 0 fully saturated rings. The predicted molar refractivity (Wildman–Crippen MR) is 200 cm³/mol. The number of rotatable bonds is 5. The molecule has 0 amide bonds. The minimum atomic E-state index is -3.45. The van der Waals surface area contributed by atoms with Gasteiger partial charge in [-0.15, -0.1) is 0 Å². The molecule has 0 spiro atoms. The summed E-state index contributed by atoms with van der Waals surface area (Å²) in [6, 6.07) is 45.4. The van der Waals surface area contributed by atoms with E-state index in [9.17, 15) is 10.5 Å². The molecule has 0 atom stereocenters. The number of fused-ring (bicyclic) bond motifs is 6. The number of hydrogen-bond acceptors (Lipinski definition) is 5. The fraction of sp³-hybridized carbons (Fsp3) is 0. The number of nitriles is 2. The molecule has 0 aliphatic rings. The molecule has 0 unspecified atom stereocenters. The largest absolute Gasteiger partial charge is 0.309 e. The second-order valence-electron chi connectivity index (χ2n) is 12.1.